The second kappa shape index (κ2) is 5.12. The number of benzene rings is 1. The minimum atomic E-state index is -4.61. The maximum absolute atomic E-state index is 13.1. The molecule has 0 amide bonds. The first-order valence-corrected chi connectivity index (χ1v) is 6.88. The van der Waals surface area contributed by atoms with E-state index in [1.807, 2.05) is 0 Å². The Labute approximate surface area is 132 Å². The van der Waals surface area contributed by atoms with Crippen LogP contribution >= 0.6 is 11.6 Å². The first-order valence-electron chi connectivity index (χ1n) is 6.50. The van der Waals surface area contributed by atoms with E-state index in [9.17, 15) is 18.0 Å². The maximum atomic E-state index is 13.1. The summed E-state index contributed by atoms with van der Waals surface area (Å²) in [6.07, 6.45) is -4.61. The summed E-state index contributed by atoms with van der Waals surface area (Å²) in [6.45, 7) is -0.333. The molecule has 0 spiro atoms. The van der Waals surface area contributed by atoms with Crippen molar-refractivity contribution in [2.24, 2.45) is 14.1 Å². The third-order valence-corrected chi connectivity index (χ3v) is 3.82. The highest BCUT2D eigenvalue weighted by Crippen LogP contribution is 2.31. The smallest absolute Gasteiger partial charge is 0.295 e. The lowest BCUT2D eigenvalue weighted by molar-refractivity contribution is -0.144. The fourth-order valence-electron chi connectivity index (χ4n) is 2.54. The lowest BCUT2D eigenvalue weighted by Gasteiger charge is -2.08. The third kappa shape index (κ3) is 2.50. The maximum Gasteiger partial charge on any atom is 0.434 e. The van der Waals surface area contributed by atoms with Crippen LogP contribution < -0.4 is 5.69 Å². The van der Waals surface area contributed by atoms with Crippen LogP contribution in [-0.4, -0.2) is 24.1 Å². The van der Waals surface area contributed by atoms with E-state index < -0.39 is 17.6 Å². The molecule has 0 fully saturated rings. The number of halogens is 4. The molecule has 0 radical (unpaired) electrons. The minimum absolute atomic E-state index is 0.315. The van der Waals surface area contributed by atoms with Gasteiger partial charge in [0.15, 0.2) is 5.69 Å². The molecule has 0 atom stereocenters. The predicted octanol–water partition coefficient (Wildman–Crippen LogP) is 2.19. The molecule has 122 valence electrons. The van der Waals surface area contributed by atoms with Crippen LogP contribution in [0.2, 0.25) is 5.02 Å². The molecule has 2 aromatic heterocycles. The van der Waals surface area contributed by atoms with Crippen LogP contribution in [0.4, 0.5) is 13.2 Å². The Balaban J connectivity index is 2.18. The Morgan fingerprint density at radius 2 is 1.91 bits per heavy atom. The molecule has 0 unspecified atom stereocenters. The Hall–Kier alpha value is -2.29. The standard InChI is InChI=1S/C13H11ClF3N5O/c1-20-10-5-7(14)3-4-9(10)22(12(20)23)6-8-11(13(15,16)17)21(2)19-18-8/h3-5H,6H2,1-2H3. The van der Waals surface area contributed by atoms with E-state index in [2.05, 4.69) is 10.3 Å². The van der Waals surface area contributed by atoms with E-state index in [0.29, 0.717) is 20.7 Å². The van der Waals surface area contributed by atoms with Gasteiger partial charge in [-0.3, -0.25) is 9.13 Å². The number of aryl methyl sites for hydroxylation is 2. The molecule has 3 aromatic rings. The Morgan fingerprint density at radius 3 is 2.57 bits per heavy atom. The van der Waals surface area contributed by atoms with Gasteiger partial charge in [-0.2, -0.15) is 13.2 Å². The first-order chi connectivity index (χ1) is 10.7. The van der Waals surface area contributed by atoms with Crippen molar-refractivity contribution < 1.29 is 13.2 Å². The van der Waals surface area contributed by atoms with Crippen molar-refractivity contribution in [2.45, 2.75) is 12.7 Å². The van der Waals surface area contributed by atoms with Gasteiger partial charge in [-0.05, 0) is 18.2 Å². The highest BCUT2D eigenvalue weighted by Gasteiger charge is 2.38. The number of fused-ring (bicyclic) bond motifs is 1. The van der Waals surface area contributed by atoms with Gasteiger partial charge < -0.3 is 0 Å². The van der Waals surface area contributed by atoms with Crippen LogP contribution in [0.3, 0.4) is 0 Å². The average Bonchev–Trinajstić information content (AvgIpc) is 2.93. The summed E-state index contributed by atoms with van der Waals surface area (Å²) in [6, 6.07) is 4.74. The molecule has 0 bridgehead atoms. The van der Waals surface area contributed by atoms with Gasteiger partial charge in [-0.1, -0.05) is 16.8 Å². The first kappa shape index (κ1) is 15.6. The van der Waals surface area contributed by atoms with Crippen LogP contribution in [0.5, 0.6) is 0 Å². The number of nitrogens with zero attached hydrogens (tertiary/aromatic N) is 5. The second-order valence-corrected chi connectivity index (χ2v) is 5.50. The van der Waals surface area contributed by atoms with Crippen LogP contribution in [0, 0.1) is 0 Å². The highest BCUT2D eigenvalue weighted by molar-refractivity contribution is 6.31. The van der Waals surface area contributed by atoms with Gasteiger partial charge in [-0.25, -0.2) is 9.48 Å². The fourth-order valence-corrected chi connectivity index (χ4v) is 2.70. The van der Waals surface area contributed by atoms with Gasteiger partial charge in [-0.15, -0.1) is 5.10 Å². The molecular formula is C13H11ClF3N5O. The van der Waals surface area contributed by atoms with Crippen LogP contribution in [0.1, 0.15) is 11.4 Å². The van der Waals surface area contributed by atoms with Gasteiger partial charge in [0.25, 0.3) is 0 Å². The molecule has 0 aliphatic carbocycles. The number of rotatable bonds is 2. The van der Waals surface area contributed by atoms with E-state index in [-0.39, 0.29) is 12.2 Å². The Kier molecular flexibility index (Phi) is 3.47. The van der Waals surface area contributed by atoms with Crippen molar-refractivity contribution in [1.29, 1.82) is 0 Å². The van der Waals surface area contributed by atoms with Crippen molar-refractivity contribution in [3.63, 3.8) is 0 Å². The molecule has 23 heavy (non-hydrogen) atoms. The van der Waals surface area contributed by atoms with Crippen LogP contribution in [0.25, 0.3) is 11.0 Å². The topological polar surface area (TPSA) is 57.6 Å². The summed E-state index contributed by atoms with van der Waals surface area (Å²) >= 11 is 5.90. The van der Waals surface area contributed by atoms with Gasteiger partial charge in [0, 0.05) is 19.1 Å². The van der Waals surface area contributed by atoms with Gasteiger partial charge in [0.2, 0.25) is 0 Å². The summed E-state index contributed by atoms with van der Waals surface area (Å²) in [5, 5.41) is 7.39. The molecule has 0 aliphatic heterocycles. The van der Waals surface area contributed by atoms with E-state index in [4.69, 9.17) is 11.6 Å². The monoisotopic (exact) mass is 345 g/mol. The molecule has 3 rings (SSSR count). The quantitative estimate of drug-likeness (QED) is 0.715. The minimum Gasteiger partial charge on any atom is -0.295 e. The van der Waals surface area contributed by atoms with Gasteiger partial charge in [0.1, 0.15) is 5.69 Å². The average molecular weight is 346 g/mol. The third-order valence-electron chi connectivity index (χ3n) is 3.58. The predicted molar refractivity (Wildman–Crippen MR) is 77.3 cm³/mol. The van der Waals surface area contributed by atoms with E-state index in [1.54, 1.807) is 18.2 Å². The van der Waals surface area contributed by atoms with E-state index in [0.717, 1.165) is 7.05 Å². The molecular weight excluding hydrogens is 335 g/mol. The van der Waals surface area contributed by atoms with Gasteiger partial charge in [0.05, 0.1) is 17.6 Å². The zero-order chi connectivity index (χ0) is 16.9. The molecule has 0 aliphatic rings. The zero-order valence-corrected chi connectivity index (χ0v) is 12.9. The number of imidazole rings is 1. The number of hydrogen-bond donors (Lipinski definition) is 0. The van der Waals surface area contributed by atoms with Crippen LogP contribution in [0.15, 0.2) is 23.0 Å². The molecule has 0 N–H and O–H groups in total. The second-order valence-electron chi connectivity index (χ2n) is 5.07. The zero-order valence-electron chi connectivity index (χ0n) is 12.1. The summed E-state index contributed by atoms with van der Waals surface area (Å²) in [7, 11) is 2.68. The lowest BCUT2D eigenvalue weighted by atomic mass is 10.2. The Bertz CT molecular complexity index is 953. The van der Waals surface area contributed by atoms with Gasteiger partial charge >= 0.3 is 11.9 Å². The lowest BCUT2D eigenvalue weighted by Crippen LogP contribution is -2.24. The van der Waals surface area contributed by atoms with E-state index >= 15 is 0 Å². The highest BCUT2D eigenvalue weighted by atomic mass is 35.5. The van der Waals surface area contributed by atoms with Crippen molar-refractivity contribution in [3.05, 3.63) is 45.1 Å². The molecule has 0 saturated heterocycles. The normalized spacial score (nSPS) is 12.3. The SMILES string of the molecule is Cn1nnc(Cn2c(=O)n(C)c3cc(Cl)ccc32)c1C(F)(F)F. The fraction of sp³-hybridized carbons (Fsp3) is 0.308. The van der Waals surface area contributed by atoms with Crippen molar-refractivity contribution in [2.75, 3.05) is 0 Å². The summed E-state index contributed by atoms with van der Waals surface area (Å²) in [5.41, 5.74) is -0.749. The van der Waals surface area contributed by atoms with E-state index in [1.165, 1.54) is 16.2 Å². The molecule has 10 heteroatoms. The number of hydrogen-bond acceptors (Lipinski definition) is 3. The molecule has 0 saturated carbocycles. The number of aromatic nitrogens is 5. The Morgan fingerprint density at radius 1 is 1.22 bits per heavy atom. The van der Waals surface area contributed by atoms with Crippen molar-refractivity contribution in [1.82, 2.24) is 24.1 Å². The molecule has 1 aromatic carbocycles. The summed E-state index contributed by atoms with van der Waals surface area (Å²) in [5.74, 6) is 0. The van der Waals surface area contributed by atoms with Crippen LogP contribution in [-0.2, 0) is 26.8 Å². The molecule has 6 nitrogen and oxygen atoms in total. The number of alkyl halides is 3. The van der Waals surface area contributed by atoms with Crippen molar-refractivity contribution in [3.8, 4) is 0 Å². The van der Waals surface area contributed by atoms with Crippen molar-refractivity contribution >= 4 is 22.6 Å². The largest absolute Gasteiger partial charge is 0.434 e. The summed E-state index contributed by atoms with van der Waals surface area (Å²) < 4.78 is 42.5. The summed E-state index contributed by atoms with van der Waals surface area (Å²) in [4.78, 5) is 12.3. The molecule has 2 heterocycles.